The van der Waals surface area contributed by atoms with Crippen molar-refractivity contribution in [2.75, 3.05) is 0 Å². The minimum absolute atomic E-state index is 0.0367. The van der Waals surface area contributed by atoms with Gasteiger partial charge in [0.25, 0.3) is 0 Å². The molecule has 1 aromatic heterocycles. The number of hydrogen-bond donors (Lipinski definition) is 1. The highest BCUT2D eigenvalue weighted by Gasteiger charge is 2.15. The predicted molar refractivity (Wildman–Crippen MR) is 80.8 cm³/mol. The van der Waals surface area contributed by atoms with Gasteiger partial charge in [-0.3, -0.25) is 4.79 Å². The van der Waals surface area contributed by atoms with E-state index in [0.29, 0.717) is 13.0 Å². The first kappa shape index (κ1) is 15.6. The Morgan fingerprint density at radius 1 is 1.38 bits per heavy atom. The van der Waals surface area contributed by atoms with Crippen LogP contribution in [-0.4, -0.2) is 31.3 Å². The molecular weight excluding hydrogens is 336 g/mol. The van der Waals surface area contributed by atoms with Crippen LogP contribution in [0.1, 0.15) is 31.2 Å². The molecule has 0 amide bonds. The summed E-state index contributed by atoms with van der Waals surface area (Å²) in [6.07, 6.45) is 1.54. The van der Waals surface area contributed by atoms with E-state index in [1.807, 2.05) is 31.2 Å². The van der Waals surface area contributed by atoms with Gasteiger partial charge in [-0.25, -0.2) is 4.68 Å². The van der Waals surface area contributed by atoms with Gasteiger partial charge in [0, 0.05) is 23.9 Å². The quantitative estimate of drug-likeness (QED) is 0.827. The summed E-state index contributed by atoms with van der Waals surface area (Å²) in [5.74, 6) is 0.000197. The summed E-state index contributed by atoms with van der Waals surface area (Å²) in [6, 6.07) is 7.97. The molecule has 0 bridgehead atoms. The molecule has 1 atom stereocenters. The molecule has 2 rings (SSSR count). The van der Waals surface area contributed by atoms with E-state index < -0.39 is 5.97 Å². The summed E-state index contributed by atoms with van der Waals surface area (Å²) in [5.41, 5.74) is 1.11. The summed E-state index contributed by atoms with van der Waals surface area (Å²) in [7, 11) is 0. The van der Waals surface area contributed by atoms with Crippen LogP contribution in [0, 0.1) is 5.92 Å². The summed E-state index contributed by atoms with van der Waals surface area (Å²) < 4.78 is 2.73. The molecule has 0 aliphatic carbocycles. The first-order valence-corrected chi connectivity index (χ1v) is 7.59. The number of nitrogens with zero attached hydrogens (tertiary/aromatic N) is 4. The molecule has 1 aromatic carbocycles. The molecule has 0 aliphatic rings. The second-order valence-corrected chi connectivity index (χ2v) is 5.87. The number of halogens is 1. The van der Waals surface area contributed by atoms with Crippen LogP contribution in [-0.2, 0) is 17.8 Å². The third-order valence-corrected chi connectivity index (χ3v) is 3.88. The highest BCUT2D eigenvalue weighted by atomic mass is 79.9. The molecule has 1 heterocycles. The van der Waals surface area contributed by atoms with Crippen molar-refractivity contribution in [3.63, 3.8) is 0 Å². The Morgan fingerprint density at radius 3 is 2.71 bits per heavy atom. The Morgan fingerprint density at radius 2 is 2.10 bits per heavy atom. The Kier molecular flexibility index (Phi) is 5.44. The minimum atomic E-state index is -0.788. The number of aromatic nitrogens is 4. The lowest BCUT2D eigenvalue weighted by molar-refractivity contribution is -0.138. The average molecular weight is 353 g/mol. The molecule has 0 saturated carbocycles. The van der Waals surface area contributed by atoms with Crippen molar-refractivity contribution < 1.29 is 9.90 Å². The van der Waals surface area contributed by atoms with Gasteiger partial charge < -0.3 is 5.11 Å². The maximum Gasteiger partial charge on any atom is 0.303 e. The first-order valence-electron chi connectivity index (χ1n) is 6.79. The molecule has 0 aliphatic heterocycles. The van der Waals surface area contributed by atoms with Gasteiger partial charge in [-0.2, -0.15) is 0 Å². The number of tetrazole rings is 1. The van der Waals surface area contributed by atoms with Crippen LogP contribution in [0.25, 0.3) is 0 Å². The van der Waals surface area contributed by atoms with Gasteiger partial charge in [-0.05, 0) is 34.0 Å². The normalized spacial score (nSPS) is 12.3. The van der Waals surface area contributed by atoms with Gasteiger partial charge in [-0.15, -0.1) is 5.10 Å². The van der Waals surface area contributed by atoms with Gasteiger partial charge in [-0.1, -0.05) is 41.4 Å². The second-order valence-electron chi connectivity index (χ2n) is 4.95. The molecule has 21 heavy (non-hydrogen) atoms. The molecular formula is C14H17BrN4O2. The van der Waals surface area contributed by atoms with Crippen LogP contribution in [0.5, 0.6) is 0 Å². The van der Waals surface area contributed by atoms with Crippen LogP contribution in [0.3, 0.4) is 0 Å². The summed E-state index contributed by atoms with van der Waals surface area (Å²) in [5, 5.41) is 20.6. The molecule has 0 fully saturated rings. The lowest BCUT2D eigenvalue weighted by Crippen LogP contribution is -2.17. The van der Waals surface area contributed by atoms with Gasteiger partial charge in [0.05, 0.1) is 0 Å². The highest BCUT2D eigenvalue weighted by Crippen LogP contribution is 2.15. The molecule has 7 heteroatoms. The maximum atomic E-state index is 10.8. The zero-order valence-electron chi connectivity index (χ0n) is 11.7. The molecule has 0 saturated heterocycles. The fourth-order valence-corrected chi connectivity index (χ4v) is 2.37. The highest BCUT2D eigenvalue weighted by molar-refractivity contribution is 9.10. The predicted octanol–water partition coefficient (Wildman–Crippen LogP) is 2.53. The first-order chi connectivity index (χ1) is 10.1. The van der Waals surface area contributed by atoms with Crippen LogP contribution in [0.2, 0.25) is 0 Å². The van der Waals surface area contributed by atoms with E-state index in [1.54, 1.807) is 4.68 Å². The zero-order chi connectivity index (χ0) is 15.2. The molecule has 0 spiro atoms. The molecule has 0 radical (unpaired) electrons. The van der Waals surface area contributed by atoms with Crippen molar-refractivity contribution in [2.45, 2.75) is 32.7 Å². The van der Waals surface area contributed by atoms with Gasteiger partial charge in [0.2, 0.25) is 0 Å². The number of rotatable bonds is 7. The Balaban J connectivity index is 2.07. The Labute approximate surface area is 131 Å². The lowest BCUT2D eigenvalue weighted by Gasteiger charge is -2.13. The molecule has 2 aromatic rings. The Bertz CT molecular complexity index is 597. The smallest absolute Gasteiger partial charge is 0.303 e. The van der Waals surface area contributed by atoms with E-state index in [0.717, 1.165) is 22.3 Å². The van der Waals surface area contributed by atoms with E-state index in [2.05, 4.69) is 31.5 Å². The van der Waals surface area contributed by atoms with Crippen molar-refractivity contribution in [1.82, 2.24) is 20.2 Å². The number of carbonyl (C=O) groups is 1. The summed E-state index contributed by atoms with van der Waals surface area (Å²) in [6.45, 7) is 2.51. The second kappa shape index (κ2) is 7.31. The molecule has 112 valence electrons. The minimum Gasteiger partial charge on any atom is -0.481 e. The third-order valence-electron chi connectivity index (χ3n) is 3.35. The van der Waals surface area contributed by atoms with Crippen molar-refractivity contribution in [1.29, 1.82) is 0 Å². The van der Waals surface area contributed by atoms with Gasteiger partial charge in [0.15, 0.2) is 5.82 Å². The zero-order valence-corrected chi connectivity index (χ0v) is 13.3. The number of carboxylic acids is 1. The van der Waals surface area contributed by atoms with Crippen LogP contribution in [0.15, 0.2) is 28.7 Å². The van der Waals surface area contributed by atoms with Crippen molar-refractivity contribution in [3.05, 3.63) is 40.1 Å². The molecule has 1 N–H and O–H groups in total. The lowest BCUT2D eigenvalue weighted by atomic mass is 10.0. The topological polar surface area (TPSA) is 80.9 Å². The number of aliphatic carboxylic acids is 1. The largest absolute Gasteiger partial charge is 0.481 e. The number of carboxylic acid groups (broad SMARTS) is 1. The SMILES string of the molecule is CCC(CC(=O)O)Cn1nnnc1Cc1ccc(Br)cc1. The summed E-state index contributed by atoms with van der Waals surface area (Å²) >= 11 is 3.40. The van der Waals surface area contributed by atoms with Crippen molar-refractivity contribution in [3.8, 4) is 0 Å². The van der Waals surface area contributed by atoms with Gasteiger partial charge in [0.1, 0.15) is 0 Å². The van der Waals surface area contributed by atoms with E-state index in [9.17, 15) is 4.79 Å². The third kappa shape index (κ3) is 4.63. The number of benzene rings is 1. The maximum absolute atomic E-state index is 10.8. The number of hydrogen-bond acceptors (Lipinski definition) is 4. The van der Waals surface area contributed by atoms with Crippen LogP contribution < -0.4 is 0 Å². The van der Waals surface area contributed by atoms with Crippen molar-refractivity contribution >= 4 is 21.9 Å². The monoisotopic (exact) mass is 352 g/mol. The molecule has 6 nitrogen and oxygen atoms in total. The van der Waals surface area contributed by atoms with E-state index in [1.165, 1.54) is 0 Å². The fraction of sp³-hybridized carbons (Fsp3) is 0.429. The van der Waals surface area contributed by atoms with E-state index in [4.69, 9.17) is 5.11 Å². The van der Waals surface area contributed by atoms with E-state index >= 15 is 0 Å². The van der Waals surface area contributed by atoms with Crippen molar-refractivity contribution in [2.24, 2.45) is 5.92 Å². The standard InChI is InChI=1S/C14H17BrN4O2/c1-2-10(8-14(20)21)9-19-13(16-17-18-19)7-11-3-5-12(15)6-4-11/h3-6,10H,2,7-9H2,1H3,(H,20,21). The molecule has 1 unspecified atom stereocenters. The van der Waals surface area contributed by atoms with Crippen LogP contribution >= 0.6 is 15.9 Å². The van der Waals surface area contributed by atoms with Crippen LogP contribution in [0.4, 0.5) is 0 Å². The fourth-order valence-electron chi connectivity index (χ4n) is 2.11. The van der Waals surface area contributed by atoms with E-state index in [-0.39, 0.29) is 12.3 Å². The Hall–Kier alpha value is -1.76. The average Bonchev–Trinajstić information content (AvgIpc) is 2.87. The van der Waals surface area contributed by atoms with Gasteiger partial charge >= 0.3 is 5.97 Å². The summed E-state index contributed by atoms with van der Waals surface area (Å²) in [4.78, 5) is 10.8.